The molecule has 0 amide bonds. The van der Waals surface area contributed by atoms with Crippen molar-refractivity contribution in [1.82, 2.24) is 0 Å². The van der Waals surface area contributed by atoms with Gasteiger partial charge in [0.1, 0.15) is 0 Å². The fraction of sp³-hybridized carbons (Fsp3) is 0.263. The average Bonchev–Trinajstić information content (AvgIpc) is 3.42. The third-order valence-corrected chi connectivity index (χ3v) is 4.26. The van der Waals surface area contributed by atoms with Gasteiger partial charge in [0.05, 0.1) is 30.2 Å². The van der Waals surface area contributed by atoms with Crippen LogP contribution in [0.5, 0.6) is 11.5 Å². The topological polar surface area (TPSA) is 59.3 Å². The lowest BCUT2D eigenvalue weighted by Crippen LogP contribution is -2.12. The third-order valence-electron chi connectivity index (χ3n) is 4.26. The molecule has 2 aromatic carbocycles. The van der Waals surface area contributed by atoms with Gasteiger partial charge in [0.25, 0.3) is 0 Å². The zero-order valence-electron chi connectivity index (χ0n) is 13.7. The van der Waals surface area contributed by atoms with Crippen LogP contribution in [0.4, 0.5) is 13.2 Å². The van der Waals surface area contributed by atoms with Crippen molar-refractivity contribution in [2.45, 2.75) is 18.5 Å². The van der Waals surface area contributed by atoms with Crippen LogP contribution in [0.2, 0.25) is 0 Å². The van der Waals surface area contributed by atoms with Gasteiger partial charge >= 0.3 is 12.1 Å². The molecule has 0 radical (unpaired) electrons. The van der Waals surface area contributed by atoms with Crippen molar-refractivity contribution in [2.75, 3.05) is 7.11 Å². The van der Waals surface area contributed by atoms with E-state index in [2.05, 4.69) is 0 Å². The van der Waals surface area contributed by atoms with Gasteiger partial charge in [-0.25, -0.2) is 0 Å². The molecule has 2 unspecified atom stereocenters. The molecule has 0 aliphatic heterocycles. The molecule has 3 rings (SSSR count). The summed E-state index contributed by atoms with van der Waals surface area (Å²) in [4.78, 5) is 12.3. The summed E-state index contributed by atoms with van der Waals surface area (Å²) < 4.78 is 48.3. The van der Waals surface area contributed by atoms with Crippen LogP contribution in [0.15, 0.2) is 42.5 Å². The van der Waals surface area contributed by atoms with E-state index >= 15 is 0 Å². The normalized spacial score (nSPS) is 18.7. The standard InChI is InChI=1S/C19H14F3NO3/c1-25-17-8-11(10-23)2-7-16(17)26-18(24)15-9-14(15)12-3-5-13(6-4-12)19(20,21)22/h2-8,14-15H,9H2,1H3. The molecule has 0 spiro atoms. The Morgan fingerprint density at radius 2 is 1.85 bits per heavy atom. The number of nitrogens with zero attached hydrogens (tertiary/aromatic N) is 1. The summed E-state index contributed by atoms with van der Waals surface area (Å²) in [6.07, 6.45) is -3.87. The number of ether oxygens (including phenoxy) is 2. The Morgan fingerprint density at radius 1 is 1.15 bits per heavy atom. The second kappa shape index (κ2) is 6.71. The lowest BCUT2D eigenvalue weighted by atomic mass is 10.1. The Bertz CT molecular complexity index is 869. The predicted octanol–water partition coefficient (Wildman–Crippen LogP) is 4.29. The molecule has 134 valence electrons. The molecule has 2 aromatic rings. The first kappa shape index (κ1) is 17.8. The van der Waals surface area contributed by atoms with Crippen LogP contribution in [0, 0.1) is 17.2 Å². The van der Waals surface area contributed by atoms with Crippen molar-refractivity contribution in [3.63, 3.8) is 0 Å². The lowest BCUT2D eigenvalue weighted by Gasteiger charge is -2.10. The highest BCUT2D eigenvalue weighted by Gasteiger charge is 2.46. The summed E-state index contributed by atoms with van der Waals surface area (Å²) in [7, 11) is 1.40. The van der Waals surface area contributed by atoms with Crippen molar-refractivity contribution in [3.8, 4) is 17.6 Å². The van der Waals surface area contributed by atoms with Gasteiger partial charge < -0.3 is 9.47 Å². The van der Waals surface area contributed by atoms with E-state index in [1.807, 2.05) is 6.07 Å². The van der Waals surface area contributed by atoms with E-state index in [4.69, 9.17) is 14.7 Å². The lowest BCUT2D eigenvalue weighted by molar-refractivity contribution is -0.138. The van der Waals surface area contributed by atoms with Crippen LogP contribution in [-0.4, -0.2) is 13.1 Å². The Hall–Kier alpha value is -3.01. The molecular weight excluding hydrogens is 347 g/mol. The Morgan fingerprint density at radius 3 is 2.42 bits per heavy atom. The Balaban J connectivity index is 1.67. The summed E-state index contributed by atoms with van der Waals surface area (Å²) in [5.74, 6) is -0.571. The van der Waals surface area contributed by atoms with E-state index in [-0.39, 0.29) is 17.4 Å². The number of halogens is 3. The molecule has 1 aliphatic carbocycles. The molecule has 0 heterocycles. The van der Waals surface area contributed by atoms with Crippen molar-refractivity contribution in [1.29, 1.82) is 5.26 Å². The van der Waals surface area contributed by atoms with Crippen LogP contribution in [0.1, 0.15) is 29.0 Å². The monoisotopic (exact) mass is 361 g/mol. The second-order valence-electron chi connectivity index (χ2n) is 5.97. The summed E-state index contributed by atoms with van der Waals surface area (Å²) in [5, 5.41) is 8.88. The molecule has 1 fully saturated rings. The van der Waals surface area contributed by atoms with E-state index in [1.165, 1.54) is 37.4 Å². The zero-order valence-corrected chi connectivity index (χ0v) is 13.7. The number of methoxy groups -OCH3 is 1. The zero-order chi connectivity index (χ0) is 18.9. The van der Waals surface area contributed by atoms with E-state index in [1.54, 1.807) is 0 Å². The van der Waals surface area contributed by atoms with Gasteiger partial charge in [-0.2, -0.15) is 18.4 Å². The van der Waals surface area contributed by atoms with E-state index in [0.717, 1.165) is 12.1 Å². The number of benzene rings is 2. The number of hydrogen-bond acceptors (Lipinski definition) is 4. The maximum Gasteiger partial charge on any atom is 0.416 e. The molecule has 0 bridgehead atoms. The van der Waals surface area contributed by atoms with E-state index in [0.29, 0.717) is 17.5 Å². The maximum atomic E-state index is 12.6. The van der Waals surface area contributed by atoms with Gasteiger partial charge in [-0.05, 0) is 42.2 Å². The van der Waals surface area contributed by atoms with Gasteiger partial charge in [0.2, 0.25) is 0 Å². The van der Waals surface area contributed by atoms with Crippen molar-refractivity contribution in [3.05, 3.63) is 59.2 Å². The highest BCUT2D eigenvalue weighted by Crippen LogP contribution is 2.49. The predicted molar refractivity (Wildman–Crippen MR) is 85.6 cm³/mol. The number of alkyl halides is 3. The first-order valence-electron chi connectivity index (χ1n) is 7.80. The van der Waals surface area contributed by atoms with Crippen LogP contribution in [-0.2, 0) is 11.0 Å². The highest BCUT2D eigenvalue weighted by molar-refractivity contribution is 5.80. The van der Waals surface area contributed by atoms with Crippen LogP contribution in [0.25, 0.3) is 0 Å². The molecule has 2 atom stereocenters. The number of esters is 1. The minimum absolute atomic E-state index is 0.158. The van der Waals surface area contributed by atoms with Gasteiger partial charge in [0, 0.05) is 6.07 Å². The summed E-state index contributed by atoms with van der Waals surface area (Å²) in [6, 6.07) is 11.2. The first-order chi connectivity index (χ1) is 12.3. The minimum Gasteiger partial charge on any atom is -0.493 e. The van der Waals surface area contributed by atoms with E-state index < -0.39 is 23.6 Å². The quantitative estimate of drug-likeness (QED) is 0.602. The Labute approximate surface area is 147 Å². The molecule has 0 N–H and O–H groups in total. The number of carbonyl (C=O) groups excluding carboxylic acids is 1. The fourth-order valence-electron chi connectivity index (χ4n) is 2.75. The van der Waals surface area contributed by atoms with Gasteiger partial charge in [-0.15, -0.1) is 0 Å². The van der Waals surface area contributed by atoms with E-state index in [9.17, 15) is 18.0 Å². The van der Waals surface area contributed by atoms with Crippen molar-refractivity contribution in [2.24, 2.45) is 5.92 Å². The number of nitriles is 1. The van der Waals surface area contributed by atoms with Crippen molar-refractivity contribution >= 4 is 5.97 Å². The second-order valence-corrected chi connectivity index (χ2v) is 5.97. The maximum absolute atomic E-state index is 12.6. The summed E-state index contributed by atoms with van der Waals surface area (Å²) >= 11 is 0. The van der Waals surface area contributed by atoms with Crippen molar-refractivity contribution < 1.29 is 27.4 Å². The minimum atomic E-state index is -4.38. The summed E-state index contributed by atoms with van der Waals surface area (Å²) in [6.45, 7) is 0. The SMILES string of the molecule is COc1cc(C#N)ccc1OC(=O)C1CC1c1ccc(C(F)(F)F)cc1. The van der Waals surface area contributed by atoms with Crippen LogP contribution >= 0.6 is 0 Å². The van der Waals surface area contributed by atoms with Crippen LogP contribution < -0.4 is 9.47 Å². The molecule has 0 saturated heterocycles. The smallest absolute Gasteiger partial charge is 0.416 e. The molecule has 1 saturated carbocycles. The van der Waals surface area contributed by atoms with Gasteiger partial charge in [-0.3, -0.25) is 4.79 Å². The number of rotatable bonds is 4. The summed E-state index contributed by atoms with van der Waals surface area (Å²) in [5.41, 5.74) is 0.325. The largest absolute Gasteiger partial charge is 0.493 e. The molecule has 1 aliphatic rings. The molecule has 26 heavy (non-hydrogen) atoms. The molecule has 0 aromatic heterocycles. The number of hydrogen-bond donors (Lipinski definition) is 0. The number of carbonyl (C=O) groups is 1. The fourth-order valence-corrected chi connectivity index (χ4v) is 2.75. The van der Waals surface area contributed by atoms with Gasteiger partial charge in [-0.1, -0.05) is 12.1 Å². The van der Waals surface area contributed by atoms with Gasteiger partial charge in [0.15, 0.2) is 11.5 Å². The van der Waals surface area contributed by atoms with Crippen LogP contribution in [0.3, 0.4) is 0 Å². The molecule has 4 nitrogen and oxygen atoms in total. The third kappa shape index (κ3) is 3.64. The first-order valence-corrected chi connectivity index (χ1v) is 7.80. The average molecular weight is 361 g/mol. The molecule has 7 heteroatoms. The highest BCUT2D eigenvalue weighted by atomic mass is 19.4. The Kier molecular flexibility index (Phi) is 4.60. The molecular formula is C19H14F3NO3.